The van der Waals surface area contributed by atoms with Gasteiger partial charge in [0.15, 0.2) is 28.6 Å². The molecule has 0 unspecified atom stereocenters. The Bertz CT molecular complexity index is 1090. The predicted molar refractivity (Wildman–Crippen MR) is 116 cm³/mol. The fraction of sp³-hybridized carbons (Fsp3) is 0.227. The third kappa shape index (κ3) is 5.05. The molecule has 0 bridgehead atoms. The number of hydrogen-bond acceptors (Lipinski definition) is 6. The lowest BCUT2D eigenvalue weighted by Gasteiger charge is -2.26. The summed E-state index contributed by atoms with van der Waals surface area (Å²) in [6.07, 6.45) is 1.60. The van der Waals surface area contributed by atoms with E-state index in [0.717, 1.165) is 0 Å². The maximum Gasteiger partial charge on any atom is 0.225 e. The van der Waals surface area contributed by atoms with Gasteiger partial charge in [0.05, 0.1) is 0 Å². The molecule has 9 heteroatoms. The van der Waals surface area contributed by atoms with Crippen LogP contribution in [0.3, 0.4) is 0 Å². The molecule has 1 aromatic heterocycles. The number of thioether (sulfide) groups is 1. The van der Waals surface area contributed by atoms with Gasteiger partial charge in [-0.2, -0.15) is 0 Å². The Morgan fingerprint density at radius 1 is 1.26 bits per heavy atom. The van der Waals surface area contributed by atoms with Crippen molar-refractivity contribution >= 4 is 23.4 Å². The first-order valence-corrected chi connectivity index (χ1v) is 10.7. The van der Waals surface area contributed by atoms with Crippen LogP contribution in [0.15, 0.2) is 66.3 Å². The number of carbonyl (C=O) groups excluding carboxylic acids is 1. The summed E-state index contributed by atoms with van der Waals surface area (Å²) in [5, 5.41) is 11.9. The second-order valence-electron chi connectivity index (χ2n) is 6.76. The predicted octanol–water partition coefficient (Wildman–Crippen LogP) is 4.24. The van der Waals surface area contributed by atoms with E-state index in [1.54, 1.807) is 18.2 Å². The molecule has 4 rings (SSSR count). The summed E-state index contributed by atoms with van der Waals surface area (Å²) < 4.78 is 27.0. The lowest BCUT2D eigenvalue weighted by Crippen LogP contribution is -2.25. The number of rotatable bonds is 8. The molecule has 0 saturated carbocycles. The van der Waals surface area contributed by atoms with Gasteiger partial charge in [0.25, 0.3) is 0 Å². The molecular formula is C22H21FN4O3S. The Kier molecular flexibility index (Phi) is 6.51. The van der Waals surface area contributed by atoms with Gasteiger partial charge in [-0.25, -0.2) is 4.39 Å². The van der Waals surface area contributed by atoms with Crippen LogP contribution in [0.5, 0.6) is 11.5 Å². The van der Waals surface area contributed by atoms with Crippen molar-refractivity contribution in [2.75, 3.05) is 17.7 Å². The molecule has 1 N–H and O–H groups in total. The summed E-state index contributed by atoms with van der Waals surface area (Å²) in [6, 6.07) is 13.3. The molecule has 0 radical (unpaired) electrons. The molecule has 2 heterocycles. The molecule has 1 aliphatic heterocycles. The molecule has 0 spiro atoms. The molecule has 2 aromatic carbocycles. The van der Waals surface area contributed by atoms with Crippen LogP contribution in [0.25, 0.3) is 0 Å². The van der Waals surface area contributed by atoms with Gasteiger partial charge in [-0.1, -0.05) is 36.0 Å². The highest BCUT2D eigenvalue weighted by atomic mass is 32.2. The van der Waals surface area contributed by atoms with Crippen molar-refractivity contribution in [2.45, 2.75) is 24.2 Å². The van der Waals surface area contributed by atoms with Crippen molar-refractivity contribution in [3.63, 3.8) is 0 Å². The summed E-state index contributed by atoms with van der Waals surface area (Å²) in [7, 11) is 0. The van der Waals surface area contributed by atoms with Gasteiger partial charge in [-0.15, -0.1) is 16.8 Å². The van der Waals surface area contributed by atoms with E-state index >= 15 is 0 Å². The van der Waals surface area contributed by atoms with E-state index < -0.39 is 11.9 Å². The minimum atomic E-state index is -0.395. The van der Waals surface area contributed by atoms with E-state index in [9.17, 15) is 9.18 Å². The van der Waals surface area contributed by atoms with Gasteiger partial charge in [0, 0.05) is 24.4 Å². The van der Waals surface area contributed by atoms with Gasteiger partial charge < -0.3 is 14.8 Å². The number of fused-ring (bicyclic) bond motifs is 1. The Morgan fingerprint density at radius 2 is 2.10 bits per heavy atom. The summed E-state index contributed by atoms with van der Waals surface area (Å²) in [5.74, 6) is 1.90. The van der Waals surface area contributed by atoms with E-state index in [0.29, 0.717) is 47.1 Å². The SMILES string of the molecule is C=CCn1c(SCCC(=O)Nc2cccc(F)c2)nnc1[C@@H]1COc2ccccc2O1. The zero-order chi connectivity index (χ0) is 21.6. The largest absolute Gasteiger partial charge is 0.485 e. The molecule has 1 atom stereocenters. The van der Waals surface area contributed by atoms with Crippen molar-refractivity contribution in [2.24, 2.45) is 0 Å². The number of nitrogens with zero attached hydrogens (tertiary/aromatic N) is 3. The summed E-state index contributed by atoms with van der Waals surface area (Å²) in [5.41, 5.74) is 0.432. The number of hydrogen-bond donors (Lipinski definition) is 1. The second kappa shape index (κ2) is 9.65. The third-order valence-electron chi connectivity index (χ3n) is 4.52. The van der Waals surface area contributed by atoms with Gasteiger partial charge >= 0.3 is 0 Å². The fourth-order valence-corrected chi connectivity index (χ4v) is 4.01. The molecule has 31 heavy (non-hydrogen) atoms. The quantitative estimate of drug-likeness (QED) is 0.417. The molecule has 0 aliphatic carbocycles. The van der Waals surface area contributed by atoms with Crippen LogP contribution in [0.4, 0.5) is 10.1 Å². The number of ether oxygens (including phenoxy) is 2. The fourth-order valence-electron chi connectivity index (χ4n) is 3.12. The molecular weight excluding hydrogens is 419 g/mol. The van der Waals surface area contributed by atoms with Gasteiger partial charge in [0.1, 0.15) is 12.4 Å². The first kappa shape index (κ1) is 20.9. The smallest absolute Gasteiger partial charge is 0.225 e. The monoisotopic (exact) mass is 440 g/mol. The van der Waals surface area contributed by atoms with E-state index in [1.807, 2.05) is 28.8 Å². The molecule has 160 valence electrons. The van der Waals surface area contributed by atoms with Crippen molar-refractivity contribution in [1.82, 2.24) is 14.8 Å². The summed E-state index contributed by atoms with van der Waals surface area (Å²) in [6.45, 7) is 4.64. The number of benzene rings is 2. The maximum absolute atomic E-state index is 13.2. The van der Waals surface area contributed by atoms with E-state index in [1.165, 1.54) is 23.9 Å². The van der Waals surface area contributed by atoms with Crippen molar-refractivity contribution in [3.8, 4) is 11.5 Å². The number of anilines is 1. The van der Waals surface area contributed by atoms with Gasteiger partial charge in [-0.05, 0) is 30.3 Å². The highest BCUT2D eigenvalue weighted by Gasteiger charge is 2.28. The maximum atomic E-state index is 13.2. The first-order chi connectivity index (χ1) is 15.1. The lowest BCUT2D eigenvalue weighted by molar-refractivity contribution is -0.115. The highest BCUT2D eigenvalue weighted by Crippen LogP contribution is 2.36. The van der Waals surface area contributed by atoms with Crippen molar-refractivity contribution < 1.29 is 18.7 Å². The van der Waals surface area contributed by atoms with Crippen LogP contribution in [0, 0.1) is 5.82 Å². The number of amides is 1. The molecule has 1 aliphatic rings. The number of nitrogens with one attached hydrogen (secondary N) is 1. The van der Waals surface area contributed by atoms with Crippen LogP contribution in [-0.4, -0.2) is 33.0 Å². The average Bonchev–Trinajstić information content (AvgIpc) is 3.16. The zero-order valence-electron chi connectivity index (χ0n) is 16.7. The Balaban J connectivity index is 1.38. The summed E-state index contributed by atoms with van der Waals surface area (Å²) >= 11 is 1.41. The van der Waals surface area contributed by atoms with Crippen LogP contribution in [-0.2, 0) is 11.3 Å². The van der Waals surface area contributed by atoms with E-state index in [2.05, 4.69) is 22.1 Å². The average molecular weight is 441 g/mol. The first-order valence-electron chi connectivity index (χ1n) is 9.74. The Hall–Kier alpha value is -3.33. The molecule has 1 amide bonds. The molecule has 7 nitrogen and oxygen atoms in total. The minimum Gasteiger partial charge on any atom is -0.485 e. The van der Waals surface area contributed by atoms with Gasteiger partial charge in [0.2, 0.25) is 5.91 Å². The van der Waals surface area contributed by atoms with E-state index in [4.69, 9.17) is 9.47 Å². The lowest BCUT2D eigenvalue weighted by atomic mass is 10.2. The van der Waals surface area contributed by atoms with Gasteiger partial charge in [-0.3, -0.25) is 9.36 Å². The molecule has 0 fully saturated rings. The van der Waals surface area contributed by atoms with Crippen LogP contribution in [0.1, 0.15) is 18.3 Å². The van der Waals surface area contributed by atoms with Crippen molar-refractivity contribution in [1.29, 1.82) is 0 Å². The number of halogens is 1. The van der Waals surface area contributed by atoms with Crippen molar-refractivity contribution in [3.05, 3.63) is 72.8 Å². The minimum absolute atomic E-state index is 0.200. The number of para-hydroxylation sites is 2. The third-order valence-corrected chi connectivity index (χ3v) is 5.49. The number of carbonyl (C=O) groups is 1. The van der Waals surface area contributed by atoms with Crippen LogP contribution in [0.2, 0.25) is 0 Å². The Labute approximate surface area is 183 Å². The molecule has 0 saturated heterocycles. The van der Waals surface area contributed by atoms with Crippen LogP contribution < -0.4 is 14.8 Å². The highest BCUT2D eigenvalue weighted by molar-refractivity contribution is 7.99. The standard InChI is InChI=1S/C22H21FN4O3S/c1-2-11-27-21(19-14-29-17-8-3-4-9-18(17)30-19)25-26-22(27)31-12-10-20(28)24-16-7-5-6-15(23)13-16/h2-9,13,19H,1,10-12,14H2,(H,24,28)/t19-/m0/s1. The topological polar surface area (TPSA) is 78.3 Å². The Morgan fingerprint density at radius 3 is 2.90 bits per heavy atom. The molecule has 3 aromatic rings. The normalized spacial score (nSPS) is 14.8. The second-order valence-corrected chi connectivity index (χ2v) is 7.82. The van der Waals surface area contributed by atoms with E-state index in [-0.39, 0.29) is 12.3 Å². The van der Waals surface area contributed by atoms with Crippen LogP contribution >= 0.6 is 11.8 Å². The number of allylic oxidation sites excluding steroid dienone is 1. The zero-order valence-corrected chi connectivity index (χ0v) is 17.5. The number of aromatic nitrogens is 3. The summed E-state index contributed by atoms with van der Waals surface area (Å²) in [4.78, 5) is 12.2.